The van der Waals surface area contributed by atoms with Crippen LogP contribution in [0.4, 0.5) is 0 Å². The molecule has 0 radical (unpaired) electrons. The highest BCUT2D eigenvalue weighted by molar-refractivity contribution is 14.1. The third kappa shape index (κ3) is 3.30. The van der Waals surface area contributed by atoms with E-state index < -0.39 is 0 Å². The van der Waals surface area contributed by atoms with Crippen LogP contribution < -0.4 is 5.32 Å². The fourth-order valence-electron chi connectivity index (χ4n) is 2.38. The molecule has 4 nitrogen and oxygen atoms in total. The maximum atomic E-state index is 12.0. The molecule has 0 aliphatic heterocycles. The lowest BCUT2D eigenvalue weighted by molar-refractivity contribution is -0.120. The number of carbonyl (C=O) groups is 1. The van der Waals surface area contributed by atoms with Gasteiger partial charge >= 0.3 is 0 Å². The van der Waals surface area contributed by atoms with Gasteiger partial charge in [-0.1, -0.05) is 24.3 Å². The fraction of sp³-hybridized carbons (Fsp3) is 0.176. The van der Waals surface area contributed by atoms with E-state index in [1.807, 2.05) is 60.1 Å². The Bertz CT molecular complexity index is 808. The summed E-state index contributed by atoms with van der Waals surface area (Å²) in [7, 11) is 1.97. The van der Waals surface area contributed by atoms with E-state index in [0.29, 0.717) is 13.0 Å². The van der Waals surface area contributed by atoms with Crippen LogP contribution in [0.3, 0.4) is 0 Å². The predicted octanol–water partition coefficient (Wildman–Crippen LogP) is 3.04. The third-order valence-electron chi connectivity index (χ3n) is 3.60. The molecule has 2 aromatic carbocycles. The molecule has 0 spiro atoms. The Labute approximate surface area is 142 Å². The van der Waals surface area contributed by atoms with Crippen molar-refractivity contribution in [3.8, 4) is 0 Å². The van der Waals surface area contributed by atoms with Gasteiger partial charge in [-0.05, 0) is 52.4 Å². The zero-order valence-electron chi connectivity index (χ0n) is 12.2. The van der Waals surface area contributed by atoms with Gasteiger partial charge in [0.05, 0.1) is 24.0 Å². The number of fused-ring (bicyclic) bond motifs is 1. The molecule has 112 valence electrons. The summed E-state index contributed by atoms with van der Waals surface area (Å²) in [5.74, 6) is 0.866. The number of hydrogen-bond acceptors (Lipinski definition) is 2. The van der Waals surface area contributed by atoms with E-state index in [4.69, 9.17) is 0 Å². The summed E-state index contributed by atoms with van der Waals surface area (Å²) in [6, 6.07) is 15.9. The van der Waals surface area contributed by atoms with Crippen molar-refractivity contribution in [2.24, 2.45) is 7.05 Å². The first-order chi connectivity index (χ1) is 10.6. The Balaban J connectivity index is 1.64. The Kier molecular flexibility index (Phi) is 4.42. The summed E-state index contributed by atoms with van der Waals surface area (Å²) < 4.78 is 3.18. The van der Waals surface area contributed by atoms with Gasteiger partial charge in [0.1, 0.15) is 5.82 Å². The van der Waals surface area contributed by atoms with Gasteiger partial charge in [-0.25, -0.2) is 4.98 Å². The molecule has 1 aromatic heterocycles. The van der Waals surface area contributed by atoms with E-state index in [0.717, 1.165) is 22.4 Å². The van der Waals surface area contributed by atoms with Crippen LogP contribution in [0.5, 0.6) is 0 Å². The summed E-state index contributed by atoms with van der Waals surface area (Å²) in [6.45, 7) is 0.439. The van der Waals surface area contributed by atoms with Crippen LogP contribution in [0.1, 0.15) is 11.4 Å². The molecule has 0 saturated carbocycles. The number of carbonyl (C=O) groups excluding carboxylic acids is 1. The molecule has 3 rings (SSSR count). The van der Waals surface area contributed by atoms with Crippen molar-refractivity contribution in [2.75, 3.05) is 0 Å². The van der Waals surface area contributed by atoms with Crippen molar-refractivity contribution in [1.29, 1.82) is 0 Å². The standard InChI is InChI=1S/C17H16IN3O/c1-21-15-5-3-2-4-14(15)20-16(21)11-19-17(22)10-12-6-8-13(18)9-7-12/h2-9H,10-11H2,1H3,(H,19,22). The molecule has 3 aromatic rings. The number of aromatic nitrogens is 2. The van der Waals surface area contributed by atoms with E-state index in [2.05, 4.69) is 32.9 Å². The van der Waals surface area contributed by atoms with Gasteiger partial charge in [0.2, 0.25) is 5.91 Å². The van der Waals surface area contributed by atoms with E-state index >= 15 is 0 Å². The minimum atomic E-state index is 0.00765. The molecule has 0 fully saturated rings. The van der Waals surface area contributed by atoms with Crippen LogP contribution in [0.25, 0.3) is 11.0 Å². The van der Waals surface area contributed by atoms with Crippen LogP contribution in [0.2, 0.25) is 0 Å². The number of hydrogen-bond donors (Lipinski definition) is 1. The summed E-state index contributed by atoms with van der Waals surface area (Å²) in [6.07, 6.45) is 0.390. The lowest BCUT2D eigenvalue weighted by Gasteiger charge is -2.06. The first-order valence-corrected chi connectivity index (χ1v) is 8.13. The number of benzene rings is 2. The highest BCUT2D eigenvalue weighted by Crippen LogP contribution is 2.14. The average Bonchev–Trinajstić information content (AvgIpc) is 2.84. The molecule has 0 atom stereocenters. The van der Waals surface area contributed by atoms with Gasteiger partial charge in [0.15, 0.2) is 0 Å². The number of rotatable bonds is 4. The molecule has 1 N–H and O–H groups in total. The molecule has 0 bridgehead atoms. The summed E-state index contributed by atoms with van der Waals surface area (Å²) in [5.41, 5.74) is 3.04. The van der Waals surface area contributed by atoms with Crippen LogP contribution in [-0.4, -0.2) is 15.5 Å². The molecular weight excluding hydrogens is 389 g/mol. The van der Waals surface area contributed by atoms with E-state index in [1.54, 1.807) is 0 Å². The maximum absolute atomic E-state index is 12.0. The molecule has 0 aliphatic carbocycles. The summed E-state index contributed by atoms with van der Waals surface area (Å²) in [5, 5.41) is 2.94. The number of amides is 1. The SMILES string of the molecule is Cn1c(CNC(=O)Cc2ccc(I)cc2)nc2ccccc21. The Hall–Kier alpha value is -1.89. The topological polar surface area (TPSA) is 46.9 Å². The van der Waals surface area contributed by atoms with Crippen LogP contribution in [0, 0.1) is 3.57 Å². The van der Waals surface area contributed by atoms with Crippen molar-refractivity contribution >= 4 is 39.5 Å². The third-order valence-corrected chi connectivity index (χ3v) is 4.32. The van der Waals surface area contributed by atoms with Gasteiger partial charge in [-0.2, -0.15) is 0 Å². The van der Waals surface area contributed by atoms with Gasteiger partial charge in [0, 0.05) is 10.6 Å². The first-order valence-electron chi connectivity index (χ1n) is 7.05. The molecule has 0 aliphatic rings. The van der Waals surface area contributed by atoms with Gasteiger partial charge in [-0.15, -0.1) is 0 Å². The van der Waals surface area contributed by atoms with Crippen molar-refractivity contribution in [3.05, 3.63) is 63.5 Å². The highest BCUT2D eigenvalue weighted by atomic mass is 127. The quantitative estimate of drug-likeness (QED) is 0.679. The average molecular weight is 405 g/mol. The molecule has 22 heavy (non-hydrogen) atoms. The summed E-state index contributed by atoms with van der Waals surface area (Å²) in [4.78, 5) is 16.6. The Morgan fingerprint density at radius 3 is 2.64 bits per heavy atom. The van der Waals surface area contributed by atoms with Gasteiger partial charge in [0.25, 0.3) is 0 Å². The van der Waals surface area contributed by atoms with E-state index in [1.165, 1.54) is 3.57 Å². The highest BCUT2D eigenvalue weighted by Gasteiger charge is 2.09. The van der Waals surface area contributed by atoms with Crippen molar-refractivity contribution in [2.45, 2.75) is 13.0 Å². The largest absolute Gasteiger partial charge is 0.349 e. The number of nitrogens with one attached hydrogen (secondary N) is 1. The van der Waals surface area contributed by atoms with Crippen LogP contribution in [-0.2, 0) is 24.8 Å². The molecule has 5 heteroatoms. The number of para-hydroxylation sites is 2. The van der Waals surface area contributed by atoms with Crippen LogP contribution >= 0.6 is 22.6 Å². The van der Waals surface area contributed by atoms with Gasteiger partial charge in [-0.3, -0.25) is 4.79 Å². The predicted molar refractivity (Wildman–Crippen MR) is 95.4 cm³/mol. The van der Waals surface area contributed by atoms with E-state index in [-0.39, 0.29) is 5.91 Å². The fourth-order valence-corrected chi connectivity index (χ4v) is 2.74. The second-order valence-corrected chi connectivity index (χ2v) is 6.40. The van der Waals surface area contributed by atoms with Crippen molar-refractivity contribution in [1.82, 2.24) is 14.9 Å². The zero-order valence-corrected chi connectivity index (χ0v) is 14.4. The maximum Gasteiger partial charge on any atom is 0.224 e. The van der Waals surface area contributed by atoms with Crippen molar-refractivity contribution < 1.29 is 4.79 Å². The summed E-state index contributed by atoms with van der Waals surface area (Å²) >= 11 is 2.25. The minimum absolute atomic E-state index is 0.00765. The number of aryl methyl sites for hydroxylation is 1. The lowest BCUT2D eigenvalue weighted by atomic mass is 10.1. The first kappa shape index (κ1) is 15.0. The number of nitrogens with zero attached hydrogens (tertiary/aromatic N) is 2. The molecule has 0 saturated heterocycles. The monoisotopic (exact) mass is 405 g/mol. The minimum Gasteiger partial charge on any atom is -0.349 e. The van der Waals surface area contributed by atoms with Crippen molar-refractivity contribution in [3.63, 3.8) is 0 Å². The molecule has 0 unspecified atom stereocenters. The lowest BCUT2D eigenvalue weighted by Crippen LogP contribution is -2.25. The Morgan fingerprint density at radius 1 is 1.18 bits per heavy atom. The molecule has 1 heterocycles. The second kappa shape index (κ2) is 6.48. The van der Waals surface area contributed by atoms with Crippen LogP contribution in [0.15, 0.2) is 48.5 Å². The zero-order chi connectivity index (χ0) is 15.5. The second-order valence-electron chi connectivity index (χ2n) is 5.16. The normalized spacial score (nSPS) is 10.8. The van der Waals surface area contributed by atoms with Gasteiger partial charge < -0.3 is 9.88 Å². The number of imidazole rings is 1. The van der Waals surface area contributed by atoms with E-state index in [9.17, 15) is 4.79 Å². The molecule has 1 amide bonds. The Morgan fingerprint density at radius 2 is 1.91 bits per heavy atom. The smallest absolute Gasteiger partial charge is 0.224 e. The molecular formula is C17H16IN3O. The number of halogens is 1.